The van der Waals surface area contributed by atoms with Crippen LogP contribution in [0.15, 0.2) is 18.2 Å². The minimum absolute atomic E-state index is 0.274. The molecule has 0 saturated carbocycles. The molecule has 1 atom stereocenters. The van der Waals surface area contributed by atoms with Crippen LogP contribution in [0.1, 0.15) is 25.8 Å². The lowest BCUT2D eigenvalue weighted by Gasteiger charge is -2.14. The van der Waals surface area contributed by atoms with Crippen molar-refractivity contribution in [2.45, 2.75) is 33.3 Å². The van der Waals surface area contributed by atoms with Gasteiger partial charge in [-0.25, -0.2) is 0 Å². The Bertz CT molecular complexity index is 337. The highest BCUT2D eigenvalue weighted by Crippen LogP contribution is 2.21. The Morgan fingerprint density at radius 2 is 2.06 bits per heavy atom. The molecule has 90 valence electrons. The van der Waals surface area contributed by atoms with Crippen molar-refractivity contribution in [3.63, 3.8) is 0 Å². The maximum absolute atomic E-state index is 9.60. The van der Waals surface area contributed by atoms with Crippen LogP contribution in [0.5, 0.6) is 5.75 Å². The summed E-state index contributed by atoms with van der Waals surface area (Å²) < 4.78 is 5.54. The zero-order valence-corrected chi connectivity index (χ0v) is 10.8. The van der Waals surface area contributed by atoms with Crippen LogP contribution in [0.4, 0.5) is 0 Å². The van der Waals surface area contributed by atoms with Crippen LogP contribution < -0.4 is 4.74 Å². The fourth-order valence-electron chi connectivity index (χ4n) is 1.34. The summed E-state index contributed by atoms with van der Waals surface area (Å²) in [6.07, 6.45) is 0.354. The number of aliphatic hydroxyl groups excluding tert-OH is 1. The third kappa shape index (κ3) is 4.03. The largest absolute Gasteiger partial charge is 0.493 e. The van der Waals surface area contributed by atoms with E-state index in [0.29, 0.717) is 13.0 Å². The van der Waals surface area contributed by atoms with E-state index in [2.05, 4.69) is 0 Å². The highest BCUT2D eigenvalue weighted by atomic mass is 35.5. The number of aryl methyl sites for hydroxylation is 1. The van der Waals surface area contributed by atoms with Crippen molar-refractivity contribution in [2.75, 3.05) is 6.61 Å². The lowest BCUT2D eigenvalue weighted by atomic mass is 10.1. The number of hydrogen-bond donors (Lipinski definition) is 1. The average Bonchev–Trinajstić information content (AvgIpc) is 2.23. The molecule has 0 radical (unpaired) electrons. The number of halogens is 1. The Balaban J connectivity index is 2.40. The summed E-state index contributed by atoms with van der Waals surface area (Å²) in [6, 6.07) is 5.58. The standard InChI is InChI=1S/C13H19ClO2/c1-9(2)13(15)6-7-16-11-4-5-12(14)10(3)8-11/h4-5,8-9,13,15H,6-7H2,1-3H3. The van der Waals surface area contributed by atoms with Crippen molar-refractivity contribution in [3.05, 3.63) is 28.8 Å². The number of rotatable bonds is 5. The van der Waals surface area contributed by atoms with Crippen molar-refractivity contribution in [2.24, 2.45) is 5.92 Å². The normalized spacial score (nSPS) is 12.9. The molecule has 1 unspecified atom stereocenters. The molecule has 0 aliphatic carbocycles. The van der Waals surface area contributed by atoms with Crippen molar-refractivity contribution >= 4 is 11.6 Å². The van der Waals surface area contributed by atoms with Gasteiger partial charge in [-0.05, 0) is 36.6 Å². The molecule has 1 N–H and O–H groups in total. The molecule has 2 nitrogen and oxygen atoms in total. The van der Waals surface area contributed by atoms with Gasteiger partial charge in [-0.1, -0.05) is 25.4 Å². The minimum atomic E-state index is -0.298. The highest BCUT2D eigenvalue weighted by Gasteiger charge is 2.08. The molecule has 0 aromatic heterocycles. The van der Waals surface area contributed by atoms with Crippen LogP contribution in [-0.2, 0) is 0 Å². The topological polar surface area (TPSA) is 29.5 Å². The van der Waals surface area contributed by atoms with Gasteiger partial charge >= 0.3 is 0 Å². The van der Waals surface area contributed by atoms with Gasteiger partial charge in [0.25, 0.3) is 0 Å². The molecule has 0 saturated heterocycles. The zero-order chi connectivity index (χ0) is 12.1. The summed E-state index contributed by atoms with van der Waals surface area (Å²) in [5, 5.41) is 10.3. The lowest BCUT2D eigenvalue weighted by Crippen LogP contribution is -2.17. The Labute approximate surface area is 102 Å². The predicted octanol–water partition coefficient (Wildman–Crippen LogP) is 3.43. The molecular weight excluding hydrogens is 224 g/mol. The first-order valence-corrected chi connectivity index (χ1v) is 5.95. The van der Waals surface area contributed by atoms with E-state index in [9.17, 15) is 5.11 Å². The van der Waals surface area contributed by atoms with E-state index in [4.69, 9.17) is 16.3 Å². The Kier molecular flexibility index (Phi) is 5.10. The maximum Gasteiger partial charge on any atom is 0.119 e. The second-order valence-corrected chi connectivity index (χ2v) is 4.77. The quantitative estimate of drug-likeness (QED) is 0.857. The first-order chi connectivity index (χ1) is 7.50. The smallest absolute Gasteiger partial charge is 0.119 e. The Morgan fingerprint density at radius 1 is 1.38 bits per heavy atom. The molecule has 3 heteroatoms. The molecule has 0 fully saturated rings. The van der Waals surface area contributed by atoms with Gasteiger partial charge < -0.3 is 9.84 Å². The highest BCUT2D eigenvalue weighted by molar-refractivity contribution is 6.31. The van der Waals surface area contributed by atoms with Gasteiger partial charge in [-0.3, -0.25) is 0 Å². The van der Waals surface area contributed by atoms with E-state index < -0.39 is 0 Å². The summed E-state index contributed by atoms with van der Waals surface area (Å²) >= 11 is 5.91. The van der Waals surface area contributed by atoms with Crippen LogP contribution in [-0.4, -0.2) is 17.8 Å². The molecule has 0 amide bonds. The number of aliphatic hydroxyl groups is 1. The average molecular weight is 243 g/mol. The Morgan fingerprint density at radius 3 is 2.62 bits per heavy atom. The van der Waals surface area contributed by atoms with Gasteiger partial charge in [0.05, 0.1) is 12.7 Å². The van der Waals surface area contributed by atoms with Gasteiger partial charge in [0.15, 0.2) is 0 Å². The summed E-state index contributed by atoms with van der Waals surface area (Å²) in [5.41, 5.74) is 1.00. The van der Waals surface area contributed by atoms with Gasteiger partial charge in [0.1, 0.15) is 5.75 Å². The van der Waals surface area contributed by atoms with Crippen LogP contribution in [0.2, 0.25) is 5.02 Å². The third-order valence-electron chi connectivity index (χ3n) is 2.58. The molecule has 1 rings (SSSR count). The third-order valence-corrected chi connectivity index (χ3v) is 3.01. The van der Waals surface area contributed by atoms with E-state index in [0.717, 1.165) is 16.3 Å². The molecule has 0 bridgehead atoms. The molecular formula is C13H19ClO2. The van der Waals surface area contributed by atoms with Crippen LogP contribution in [0.3, 0.4) is 0 Å². The van der Waals surface area contributed by atoms with Crippen LogP contribution in [0, 0.1) is 12.8 Å². The first kappa shape index (κ1) is 13.3. The summed E-state index contributed by atoms with van der Waals surface area (Å²) in [6.45, 7) is 6.47. The van der Waals surface area contributed by atoms with Gasteiger partial charge in [-0.15, -0.1) is 0 Å². The summed E-state index contributed by atoms with van der Waals surface area (Å²) in [7, 11) is 0. The van der Waals surface area contributed by atoms with E-state index >= 15 is 0 Å². The van der Waals surface area contributed by atoms with Crippen LogP contribution in [0.25, 0.3) is 0 Å². The summed E-state index contributed by atoms with van der Waals surface area (Å²) in [4.78, 5) is 0. The molecule has 0 aliphatic rings. The Hall–Kier alpha value is -0.730. The first-order valence-electron chi connectivity index (χ1n) is 5.57. The second-order valence-electron chi connectivity index (χ2n) is 4.36. The molecule has 1 aromatic rings. The maximum atomic E-state index is 9.60. The predicted molar refractivity (Wildman–Crippen MR) is 67.1 cm³/mol. The van der Waals surface area contributed by atoms with E-state index in [1.54, 1.807) is 0 Å². The van der Waals surface area contributed by atoms with Crippen LogP contribution >= 0.6 is 11.6 Å². The SMILES string of the molecule is Cc1cc(OCCC(O)C(C)C)ccc1Cl. The molecule has 16 heavy (non-hydrogen) atoms. The van der Waals surface area contributed by atoms with Crippen molar-refractivity contribution in [3.8, 4) is 5.75 Å². The number of ether oxygens (including phenoxy) is 1. The fourth-order valence-corrected chi connectivity index (χ4v) is 1.46. The molecule has 1 aromatic carbocycles. The summed E-state index contributed by atoms with van der Waals surface area (Å²) in [5.74, 6) is 1.08. The van der Waals surface area contributed by atoms with Crippen molar-refractivity contribution in [1.29, 1.82) is 0 Å². The number of benzene rings is 1. The lowest BCUT2D eigenvalue weighted by molar-refractivity contribution is 0.0976. The van der Waals surface area contributed by atoms with E-state index in [1.807, 2.05) is 39.0 Å². The van der Waals surface area contributed by atoms with Gasteiger partial charge in [0, 0.05) is 11.4 Å². The molecule has 0 heterocycles. The van der Waals surface area contributed by atoms with Gasteiger partial charge in [0.2, 0.25) is 0 Å². The number of hydrogen-bond acceptors (Lipinski definition) is 2. The van der Waals surface area contributed by atoms with Crippen molar-refractivity contribution in [1.82, 2.24) is 0 Å². The molecule has 0 spiro atoms. The fraction of sp³-hybridized carbons (Fsp3) is 0.538. The second kappa shape index (κ2) is 6.12. The zero-order valence-electron chi connectivity index (χ0n) is 10.0. The van der Waals surface area contributed by atoms with Gasteiger partial charge in [-0.2, -0.15) is 0 Å². The molecule has 0 aliphatic heterocycles. The van der Waals surface area contributed by atoms with E-state index in [1.165, 1.54) is 0 Å². The van der Waals surface area contributed by atoms with Crippen molar-refractivity contribution < 1.29 is 9.84 Å². The van der Waals surface area contributed by atoms with E-state index in [-0.39, 0.29) is 12.0 Å². The monoisotopic (exact) mass is 242 g/mol. The minimum Gasteiger partial charge on any atom is -0.493 e.